The molecular formula is C23H19ClFN3O. The van der Waals surface area contributed by atoms with Crippen LogP contribution in [-0.2, 0) is 6.54 Å². The van der Waals surface area contributed by atoms with Gasteiger partial charge in [0.05, 0.1) is 0 Å². The highest BCUT2D eigenvalue weighted by atomic mass is 35.5. The van der Waals surface area contributed by atoms with Crippen LogP contribution in [0.3, 0.4) is 0 Å². The molecule has 0 saturated carbocycles. The van der Waals surface area contributed by atoms with Crippen molar-refractivity contribution >= 4 is 11.6 Å². The molecule has 0 aliphatic rings. The zero-order valence-electron chi connectivity index (χ0n) is 15.8. The largest absolute Gasteiger partial charge is 0.419 e. The minimum atomic E-state index is -0.353. The lowest BCUT2D eigenvalue weighted by Crippen LogP contribution is -2.22. The van der Waals surface area contributed by atoms with Crippen molar-refractivity contribution in [3.05, 3.63) is 106 Å². The summed E-state index contributed by atoms with van der Waals surface area (Å²) < 4.78 is 19.4. The second kappa shape index (κ2) is 8.55. The molecule has 0 aliphatic heterocycles. The van der Waals surface area contributed by atoms with Gasteiger partial charge in [0, 0.05) is 17.1 Å². The van der Waals surface area contributed by atoms with Crippen molar-refractivity contribution in [2.45, 2.75) is 19.5 Å². The van der Waals surface area contributed by atoms with E-state index in [1.165, 1.54) is 17.7 Å². The van der Waals surface area contributed by atoms with Crippen LogP contribution in [0.5, 0.6) is 0 Å². The first kappa shape index (κ1) is 19.3. The number of rotatable bonds is 6. The first-order valence-electron chi connectivity index (χ1n) is 9.22. The Labute approximate surface area is 173 Å². The maximum atomic E-state index is 13.5. The van der Waals surface area contributed by atoms with E-state index >= 15 is 0 Å². The van der Waals surface area contributed by atoms with E-state index in [0.717, 1.165) is 11.1 Å². The summed E-state index contributed by atoms with van der Waals surface area (Å²) in [4.78, 5) is 0. The summed E-state index contributed by atoms with van der Waals surface area (Å²) in [6.45, 7) is 2.67. The first-order valence-corrected chi connectivity index (χ1v) is 9.60. The number of aromatic nitrogens is 2. The van der Waals surface area contributed by atoms with Gasteiger partial charge in [-0.25, -0.2) is 4.39 Å². The molecular weight excluding hydrogens is 389 g/mol. The third-order valence-electron chi connectivity index (χ3n) is 4.59. The molecule has 0 amide bonds. The van der Waals surface area contributed by atoms with Crippen molar-refractivity contribution in [3.63, 3.8) is 0 Å². The van der Waals surface area contributed by atoms with Crippen molar-refractivity contribution in [2.24, 2.45) is 0 Å². The maximum Gasteiger partial charge on any atom is 0.247 e. The van der Waals surface area contributed by atoms with Gasteiger partial charge in [-0.05, 0) is 48.4 Å². The van der Waals surface area contributed by atoms with Crippen LogP contribution in [0.2, 0.25) is 5.02 Å². The number of nitrogens with zero attached hydrogens (tertiary/aromatic N) is 2. The Morgan fingerprint density at radius 3 is 2.48 bits per heavy atom. The zero-order chi connectivity index (χ0) is 20.2. The molecule has 0 spiro atoms. The number of hydrogen-bond acceptors (Lipinski definition) is 4. The molecule has 1 aromatic heterocycles. The molecule has 3 aromatic carbocycles. The number of benzene rings is 3. The Balaban J connectivity index is 1.63. The van der Waals surface area contributed by atoms with Gasteiger partial charge in [-0.1, -0.05) is 59.6 Å². The van der Waals surface area contributed by atoms with Crippen molar-refractivity contribution < 1.29 is 8.81 Å². The van der Waals surface area contributed by atoms with E-state index < -0.39 is 0 Å². The quantitative estimate of drug-likeness (QED) is 0.444. The number of nitrogens with one attached hydrogen (secondary N) is 1. The zero-order valence-corrected chi connectivity index (χ0v) is 16.5. The maximum absolute atomic E-state index is 13.5. The van der Waals surface area contributed by atoms with Gasteiger partial charge in [0.1, 0.15) is 11.9 Å². The highest BCUT2D eigenvalue weighted by Gasteiger charge is 2.21. The molecule has 0 aliphatic carbocycles. The molecule has 1 atom stereocenters. The van der Waals surface area contributed by atoms with Crippen molar-refractivity contribution in [3.8, 4) is 11.5 Å². The second-order valence-electron chi connectivity index (χ2n) is 6.81. The van der Waals surface area contributed by atoms with Gasteiger partial charge in [-0.2, -0.15) is 0 Å². The van der Waals surface area contributed by atoms with Crippen LogP contribution in [0.15, 0.2) is 77.2 Å². The summed E-state index contributed by atoms with van der Waals surface area (Å²) in [7, 11) is 0. The van der Waals surface area contributed by atoms with Crippen molar-refractivity contribution in [1.29, 1.82) is 0 Å². The fraction of sp³-hybridized carbons (Fsp3) is 0.130. The average molecular weight is 408 g/mol. The molecule has 29 heavy (non-hydrogen) atoms. The highest BCUT2D eigenvalue weighted by Crippen LogP contribution is 2.26. The number of halogens is 2. The van der Waals surface area contributed by atoms with Crippen LogP contribution in [0.1, 0.15) is 28.6 Å². The molecule has 4 rings (SSSR count). The monoisotopic (exact) mass is 407 g/mol. The lowest BCUT2D eigenvalue weighted by Gasteiger charge is -2.16. The Kier molecular flexibility index (Phi) is 5.69. The molecule has 1 N–H and O–H groups in total. The summed E-state index contributed by atoms with van der Waals surface area (Å²) in [5, 5.41) is 12.4. The predicted molar refractivity (Wildman–Crippen MR) is 111 cm³/mol. The molecule has 0 fully saturated rings. The Bertz CT molecular complexity index is 1090. The van der Waals surface area contributed by atoms with Gasteiger partial charge in [-0.3, -0.25) is 5.32 Å². The van der Waals surface area contributed by atoms with Gasteiger partial charge in [-0.15, -0.1) is 10.2 Å². The van der Waals surface area contributed by atoms with E-state index in [1.807, 2.05) is 24.3 Å². The summed E-state index contributed by atoms with van der Waals surface area (Å²) >= 11 is 6.04. The van der Waals surface area contributed by atoms with Crippen LogP contribution in [0.4, 0.5) is 4.39 Å². The van der Waals surface area contributed by atoms with Crippen LogP contribution >= 0.6 is 11.6 Å². The minimum absolute atomic E-state index is 0.274. The SMILES string of the molecule is Cc1ccc(CNC(c2ccc(Cl)cc2)c2nnc(-c3cccc(F)c3)o2)cc1. The second-order valence-corrected chi connectivity index (χ2v) is 7.24. The van der Waals surface area contributed by atoms with E-state index in [2.05, 4.69) is 46.7 Å². The van der Waals surface area contributed by atoms with Gasteiger partial charge in [0.2, 0.25) is 11.8 Å². The average Bonchev–Trinajstić information content (AvgIpc) is 3.21. The summed E-state index contributed by atoms with van der Waals surface area (Å²) in [5.41, 5.74) is 3.83. The van der Waals surface area contributed by atoms with Crippen molar-refractivity contribution in [2.75, 3.05) is 0 Å². The molecule has 0 saturated heterocycles. The summed E-state index contributed by atoms with van der Waals surface area (Å²) in [6, 6.07) is 21.5. The van der Waals surface area contributed by atoms with E-state index in [-0.39, 0.29) is 17.7 Å². The molecule has 4 nitrogen and oxygen atoms in total. The fourth-order valence-electron chi connectivity index (χ4n) is 3.02. The Hall–Kier alpha value is -3.02. The standard InChI is InChI=1S/C23H19ClFN3O/c1-15-5-7-16(8-6-15)14-26-21(17-9-11-19(24)12-10-17)23-28-27-22(29-23)18-3-2-4-20(25)13-18/h2-13,21,26H,14H2,1H3. The fourth-order valence-corrected chi connectivity index (χ4v) is 3.14. The Morgan fingerprint density at radius 1 is 1.00 bits per heavy atom. The van der Waals surface area contributed by atoms with Crippen molar-refractivity contribution in [1.82, 2.24) is 15.5 Å². The number of hydrogen-bond donors (Lipinski definition) is 1. The van der Waals surface area contributed by atoms with Crippen LogP contribution in [0, 0.1) is 12.7 Å². The normalized spacial score (nSPS) is 12.1. The molecule has 0 bridgehead atoms. The predicted octanol–water partition coefficient (Wildman–Crippen LogP) is 5.72. The van der Waals surface area contributed by atoms with E-state index in [0.29, 0.717) is 23.0 Å². The molecule has 146 valence electrons. The molecule has 1 heterocycles. The summed E-state index contributed by atoms with van der Waals surface area (Å²) in [6.07, 6.45) is 0. The topological polar surface area (TPSA) is 51.0 Å². The van der Waals surface area contributed by atoms with Crippen LogP contribution in [-0.4, -0.2) is 10.2 Å². The highest BCUT2D eigenvalue weighted by molar-refractivity contribution is 6.30. The van der Waals surface area contributed by atoms with Crippen LogP contribution in [0.25, 0.3) is 11.5 Å². The molecule has 6 heteroatoms. The van der Waals surface area contributed by atoms with E-state index in [9.17, 15) is 4.39 Å². The smallest absolute Gasteiger partial charge is 0.247 e. The van der Waals surface area contributed by atoms with Crippen LogP contribution < -0.4 is 5.32 Å². The summed E-state index contributed by atoms with van der Waals surface area (Å²) in [5.74, 6) is 0.322. The minimum Gasteiger partial charge on any atom is -0.419 e. The first-order chi connectivity index (χ1) is 14.1. The molecule has 4 aromatic rings. The van der Waals surface area contributed by atoms with Gasteiger partial charge in [0.15, 0.2) is 0 Å². The third kappa shape index (κ3) is 4.70. The van der Waals surface area contributed by atoms with Gasteiger partial charge >= 0.3 is 0 Å². The van der Waals surface area contributed by atoms with Gasteiger partial charge < -0.3 is 4.42 Å². The van der Waals surface area contributed by atoms with E-state index in [1.54, 1.807) is 12.1 Å². The molecule has 0 radical (unpaired) electrons. The lowest BCUT2D eigenvalue weighted by atomic mass is 10.1. The van der Waals surface area contributed by atoms with E-state index in [4.69, 9.17) is 16.0 Å². The lowest BCUT2D eigenvalue weighted by molar-refractivity contribution is 0.438. The van der Waals surface area contributed by atoms with Gasteiger partial charge in [0.25, 0.3) is 0 Å². The Morgan fingerprint density at radius 2 is 1.76 bits per heavy atom. The third-order valence-corrected chi connectivity index (χ3v) is 4.85. The molecule has 1 unspecified atom stereocenters. The number of aryl methyl sites for hydroxylation is 1.